The van der Waals surface area contributed by atoms with Crippen LogP contribution in [-0.2, 0) is 5.54 Å². The van der Waals surface area contributed by atoms with Crippen LogP contribution in [0.4, 0.5) is 5.69 Å². The van der Waals surface area contributed by atoms with Crippen LogP contribution in [0.5, 0.6) is 0 Å². The van der Waals surface area contributed by atoms with Gasteiger partial charge in [0.15, 0.2) is 0 Å². The van der Waals surface area contributed by atoms with E-state index < -0.39 is 5.54 Å². The van der Waals surface area contributed by atoms with Crippen LogP contribution >= 0.6 is 0 Å². The zero-order chi connectivity index (χ0) is 13.9. The van der Waals surface area contributed by atoms with Gasteiger partial charge in [-0.05, 0) is 38.0 Å². The zero-order valence-corrected chi connectivity index (χ0v) is 11.8. The van der Waals surface area contributed by atoms with Crippen LogP contribution in [0.2, 0.25) is 0 Å². The first-order valence-corrected chi connectivity index (χ1v) is 6.57. The summed E-state index contributed by atoms with van der Waals surface area (Å²) in [5, 5.41) is 13.3. The van der Waals surface area contributed by atoms with E-state index in [0.717, 1.165) is 11.3 Å². The van der Waals surface area contributed by atoms with Gasteiger partial charge in [-0.2, -0.15) is 0 Å². The maximum atomic E-state index is 9.80. The molecule has 0 aliphatic rings. The molecular weight excluding hydrogens is 234 g/mol. The Labute approximate surface area is 115 Å². The molecule has 2 nitrogen and oxygen atoms in total. The molecule has 19 heavy (non-hydrogen) atoms. The van der Waals surface area contributed by atoms with E-state index in [0.29, 0.717) is 0 Å². The van der Waals surface area contributed by atoms with E-state index >= 15 is 0 Å². The van der Waals surface area contributed by atoms with E-state index in [4.69, 9.17) is 0 Å². The number of hydrogen-bond donors (Lipinski definition) is 2. The fourth-order valence-electron chi connectivity index (χ4n) is 2.13. The van der Waals surface area contributed by atoms with Crippen molar-refractivity contribution >= 4 is 5.69 Å². The van der Waals surface area contributed by atoms with Crippen LogP contribution in [-0.4, -0.2) is 11.7 Å². The molecule has 0 saturated heterocycles. The molecule has 0 aromatic heterocycles. The Kier molecular flexibility index (Phi) is 3.91. The molecule has 100 valence electrons. The van der Waals surface area contributed by atoms with Crippen molar-refractivity contribution in [1.82, 2.24) is 0 Å². The standard InChI is InChI=1S/C17H21NO/c1-13-8-10-15(11-9-13)17(3,12-19)18-16-7-5-4-6-14(16)2/h4-11,18-19H,12H2,1-3H3. The molecular formula is C17H21NO. The second-order valence-corrected chi connectivity index (χ2v) is 5.30. The Morgan fingerprint density at radius 2 is 1.63 bits per heavy atom. The summed E-state index contributed by atoms with van der Waals surface area (Å²) in [4.78, 5) is 0. The monoisotopic (exact) mass is 255 g/mol. The molecule has 0 bridgehead atoms. The van der Waals surface area contributed by atoms with Crippen LogP contribution in [0.25, 0.3) is 0 Å². The molecule has 0 spiro atoms. The third-order valence-electron chi connectivity index (χ3n) is 3.56. The Bertz CT molecular complexity index is 547. The van der Waals surface area contributed by atoms with Gasteiger partial charge in [0.05, 0.1) is 12.1 Å². The topological polar surface area (TPSA) is 32.3 Å². The Hall–Kier alpha value is -1.80. The lowest BCUT2D eigenvalue weighted by Crippen LogP contribution is -2.36. The van der Waals surface area contributed by atoms with E-state index in [1.807, 2.05) is 25.1 Å². The number of rotatable bonds is 4. The average molecular weight is 255 g/mol. The largest absolute Gasteiger partial charge is 0.394 e. The van der Waals surface area contributed by atoms with Gasteiger partial charge in [0.1, 0.15) is 0 Å². The van der Waals surface area contributed by atoms with E-state index in [-0.39, 0.29) is 6.61 Å². The van der Waals surface area contributed by atoms with Gasteiger partial charge in [0.2, 0.25) is 0 Å². The van der Waals surface area contributed by atoms with Crippen molar-refractivity contribution in [3.8, 4) is 0 Å². The van der Waals surface area contributed by atoms with E-state index in [1.165, 1.54) is 11.1 Å². The second kappa shape index (κ2) is 5.45. The number of anilines is 1. The molecule has 2 heteroatoms. The molecule has 0 aliphatic heterocycles. The minimum Gasteiger partial charge on any atom is -0.394 e. The molecule has 0 heterocycles. The molecule has 0 saturated carbocycles. The summed E-state index contributed by atoms with van der Waals surface area (Å²) >= 11 is 0. The smallest absolute Gasteiger partial charge is 0.0828 e. The molecule has 2 aromatic carbocycles. The lowest BCUT2D eigenvalue weighted by molar-refractivity contribution is 0.224. The fraction of sp³-hybridized carbons (Fsp3) is 0.294. The Morgan fingerprint density at radius 1 is 1.00 bits per heavy atom. The zero-order valence-electron chi connectivity index (χ0n) is 11.8. The second-order valence-electron chi connectivity index (χ2n) is 5.30. The molecule has 1 unspecified atom stereocenters. The number of aliphatic hydroxyl groups is 1. The summed E-state index contributed by atoms with van der Waals surface area (Å²) in [6.45, 7) is 6.19. The number of benzene rings is 2. The normalized spacial score (nSPS) is 13.9. The number of aliphatic hydroxyl groups excluding tert-OH is 1. The van der Waals surface area contributed by atoms with Gasteiger partial charge in [-0.1, -0.05) is 48.0 Å². The molecule has 1 atom stereocenters. The lowest BCUT2D eigenvalue weighted by Gasteiger charge is -2.31. The van der Waals surface area contributed by atoms with Crippen molar-refractivity contribution in [2.45, 2.75) is 26.3 Å². The molecule has 2 aromatic rings. The molecule has 0 amide bonds. The van der Waals surface area contributed by atoms with Crippen LogP contribution in [0.15, 0.2) is 48.5 Å². The summed E-state index contributed by atoms with van der Waals surface area (Å²) in [6.07, 6.45) is 0. The van der Waals surface area contributed by atoms with Crippen LogP contribution < -0.4 is 5.32 Å². The molecule has 2 N–H and O–H groups in total. The SMILES string of the molecule is Cc1ccc(C(C)(CO)Nc2ccccc2C)cc1. The molecule has 2 rings (SSSR count). The maximum absolute atomic E-state index is 9.80. The quantitative estimate of drug-likeness (QED) is 0.874. The molecule has 0 radical (unpaired) electrons. The van der Waals surface area contributed by atoms with E-state index in [1.54, 1.807) is 0 Å². The third kappa shape index (κ3) is 2.96. The van der Waals surface area contributed by atoms with Crippen molar-refractivity contribution in [2.75, 3.05) is 11.9 Å². The molecule has 0 fully saturated rings. The highest BCUT2D eigenvalue weighted by Crippen LogP contribution is 2.27. The van der Waals surface area contributed by atoms with Crippen molar-refractivity contribution in [3.63, 3.8) is 0 Å². The Balaban J connectivity index is 2.33. The van der Waals surface area contributed by atoms with Crippen molar-refractivity contribution in [3.05, 3.63) is 65.2 Å². The van der Waals surface area contributed by atoms with Gasteiger partial charge in [-0.3, -0.25) is 0 Å². The van der Waals surface area contributed by atoms with Crippen LogP contribution in [0, 0.1) is 13.8 Å². The molecule has 0 aliphatic carbocycles. The van der Waals surface area contributed by atoms with E-state index in [9.17, 15) is 5.11 Å². The van der Waals surface area contributed by atoms with Gasteiger partial charge >= 0.3 is 0 Å². The summed E-state index contributed by atoms with van der Waals surface area (Å²) in [5.41, 5.74) is 4.07. The highest BCUT2D eigenvalue weighted by molar-refractivity contribution is 5.53. The van der Waals surface area contributed by atoms with E-state index in [2.05, 4.69) is 49.5 Å². The highest BCUT2D eigenvalue weighted by Gasteiger charge is 2.25. The average Bonchev–Trinajstić information content (AvgIpc) is 2.42. The number of nitrogens with one attached hydrogen (secondary N) is 1. The predicted octanol–water partition coefficient (Wildman–Crippen LogP) is 3.62. The summed E-state index contributed by atoms with van der Waals surface area (Å²) in [6, 6.07) is 16.4. The van der Waals surface area contributed by atoms with Crippen LogP contribution in [0.3, 0.4) is 0 Å². The minimum atomic E-state index is -0.472. The summed E-state index contributed by atoms with van der Waals surface area (Å²) in [5.74, 6) is 0. The van der Waals surface area contributed by atoms with Crippen molar-refractivity contribution in [2.24, 2.45) is 0 Å². The maximum Gasteiger partial charge on any atom is 0.0828 e. The lowest BCUT2D eigenvalue weighted by atomic mass is 9.91. The summed E-state index contributed by atoms with van der Waals surface area (Å²) in [7, 11) is 0. The first-order valence-electron chi connectivity index (χ1n) is 6.57. The van der Waals surface area contributed by atoms with Crippen LogP contribution in [0.1, 0.15) is 23.6 Å². The van der Waals surface area contributed by atoms with Crippen molar-refractivity contribution in [1.29, 1.82) is 0 Å². The first-order chi connectivity index (χ1) is 9.05. The third-order valence-corrected chi connectivity index (χ3v) is 3.56. The van der Waals surface area contributed by atoms with Gasteiger partial charge in [-0.25, -0.2) is 0 Å². The Morgan fingerprint density at radius 3 is 2.21 bits per heavy atom. The predicted molar refractivity (Wildman–Crippen MR) is 80.4 cm³/mol. The first kappa shape index (κ1) is 13.6. The van der Waals surface area contributed by atoms with Gasteiger partial charge in [0, 0.05) is 5.69 Å². The fourth-order valence-corrected chi connectivity index (χ4v) is 2.13. The number of aryl methyl sites for hydroxylation is 2. The van der Waals surface area contributed by atoms with Gasteiger partial charge < -0.3 is 10.4 Å². The summed E-state index contributed by atoms with van der Waals surface area (Å²) < 4.78 is 0. The van der Waals surface area contributed by atoms with Crippen molar-refractivity contribution < 1.29 is 5.11 Å². The number of hydrogen-bond acceptors (Lipinski definition) is 2. The van der Waals surface area contributed by atoms with Gasteiger partial charge in [-0.15, -0.1) is 0 Å². The number of para-hydroxylation sites is 1. The minimum absolute atomic E-state index is 0.0460. The highest BCUT2D eigenvalue weighted by atomic mass is 16.3. The van der Waals surface area contributed by atoms with Gasteiger partial charge in [0.25, 0.3) is 0 Å².